The van der Waals surface area contributed by atoms with Crippen molar-refractivity contribution in [3.8, 4) is 0 Å². The van der Waals surface area contributed by atoms with Gasteiger partial charge in [0.25, 0.3) is 0 Å². The summed E-state index contributed by atoms with van der Waals surface area (Å²) in [6, 6.07) is 9.92. The van der Waals surface area contributed by atoms with Crippen LogP contribution in [-0.2, 0) is 13.9 Å². The van der Waals surface area contributed by atoms with Gasteiger partial charge in [-0.2, -0.15) is 0 Å². The summed E-state index contributed by atoms with van der Waals surface area (Å²) in [5, 5.41) is 10.8. The molecule has 0 radical (unpaired) electrons. The summed E-state index contributed by atoms with van der Waals surface area (Å²) in [5.41, 5.74) is 1.01. The van der Waals surface area contributed by atoms with E-state index in [4.69, 9.17) is 13.9 Å². The number of hydrogen-bond donors (Lipinski definition) is 1. The van der Waals surface area contributed by atoms with E-state index in [1.165, 1.54) is 0 Å². The lowest BCUT2D eigenvalue weighted by Gasteiger charge is -2.37. The van der Waals surface area contributed by atoms with Crippen molar-refractivity contribution >= 4 is 8.32 Å². The number of rotatable bonds is 5. The van der Waals surface area contributed by atoms with Crippen LogP contribution in [0.4, 0.5) is 0 Å². The van der Waals surface area contributed by atoms with Gasteiger partial charge in [0.15, 0.2) is 14.1 Å². The van der Waals surface area contributed by atoms with Crippen LogP contribution >= 0.6 is 0 Å². The Kier molecular flexibility index (Phi) is 5.62. The first-order chi connectivity index (χ1) is 10.9. The van der Waals surface area contributed by atoms with Crippen LogP contribution in [0.2, 0.25) is 18.1 Å². The summed E-state index contributed by atoms with van der Waals surface area (Å²) in [6.45, 7) is 15.0. The first-order valence-corrected chi connectivity index (χ1v) is 11.6. The van der Waals surface area contributed by atoms with Gasteiger partial charge in [-0.05, 0) is 37.5 Å². The van der Waals surface area contributed by atoms with Crippen molar-refractivity contribution in [3.05, 3.63) is 35.9 Å². The second-order valence-electron chi connectivity index (χ2n) is 8.57. The van der Waals surface area contributed by atoms with Gasteiger partial charge >= 0.3 is 0 Å². The summed E-state index contributed by atoms with van der Waals surface area (Å²) in [5.74, 6) is -0.719. The van der Waals surface area contributed by atoms with Gasteiger partial charge in [-0.3, -0.25) is 0 Å². The number of ether oxygens (including phenoxy) is 2. The van der Waals surface area contributed by atoms with Crippen molar-refractivity contribution in [2.75, 3.05) is 6.61 Å². The minimum absolute atomic E-state index is 0.109. The van der Waals surface area contributed by atoms with Crippen LogP contribution in [0.5, 0.6) is 0 Å². The quantitative estimate of drug-likeness (QED) is 0.804. The molecule has 2 rings (SSSR count). The summed E-state index contributed by atoms with van der Waals surface area (Å²) < 4.78 is 18.2. The van der Waals surface area contributed by atoms with Gasteiger partial charge in [0.05, 0.1) is 6.61 Å². The molecule has 1 fully saturated rings. The van der Waals surface area contributed by atoms with Crippen molar-refractivity contribution in [1.82, 2.24) is 0 Å². The highest BCUT2D eigenvalue weighted by atomic mass is 28.4. The van der Waals surface area contributed by atoms with E-state index in [1.54, 1.807) is 0 Å². The predicted octanol–water partition coefficient (Wildman–Crippen LogP) is 4.26. The van der Waals surface area contributed by atoms with Crippen molar-refractivity contribution in [3.63, 3.8) is 0 Å². The van der Waals surface area contributed by atoms with Crippen LogP contribution in [0.15, 0.2) is 30.3 Å². The molecular formula is C19H32O4Si. The molecule has 0 amide bonds. The molecule has 136 valence electrons. The highest BCUT2D eigenvalue weighted by molar-refractivity contribution is 6.74. The van der Waals surface area contributed by atoms with Crippen LogP contribution in [0.3, 0.4) is 0 Å². The van der Waals surface area contributed by atoms with E-state index in [1.807, 2.05) is 44.2 Å². The molecule has 24 heavy (non-hydrogen) atoms. The first-order valence-electron chi connectivity index (χ1n) is 8.65. The highest BCUT2D eigenvalue weighted by Gasteiger charge is 2.46. The molecule has 1 aliphatic heterocycles. The highest BCUT2D eigenvalue weighted by Crippen LogP contribution is 2.41. The summed E-state index contributed by atoms with van der Waals surface area (Å²) in [7, 11) is -1.91. The largest absolute Gasteiger partial charge is 0.414 e. The maximum absolute atomic E-state index is 10.7. The van der Waals surface area contributed by atoms with Crippen LogP contribution in [-0.4, -0.2) is 38.0 Å². The minimum Gasteiger partial charge on any atom is -0.414 e. The lowest BCUT2D eigenvalue weighted by molar-refractivity contribution is -0.157. The molecule has 0 bridgehead atoms. The van der Waals surface area contributed by atoms with Crippen molar-refractivity contribution in [1.29, 1.82) is 0 Å². The third kappa shape index (κ3) is 4.46. The Balaban J connectivity index is 2.10. The third-order valence-corrected chi connectivity index (χ3v) is 9.56. The minimum atomic E-state index is -1.91. The molecule has 1 aliphatic rings. The summed E-state index contributed by atoms with van der Waals surface area (Å²) in [6.07, 6.45) is -1.46. The van der Waals surface area contributed by atoms with Gasteiger partial charge < -0.3 is 19.0 Å². The zero-order valence-corrected chi connectivity index (χ0v) is 17.0. The predicted molar refractivity (Wildman–Crippen MR) is 98.4 cm³/mol. The second kappa shape index (κ2) is 6.88. The monoisotopic (exact) mass is 352 g/mol. The first kappa shape index (κ1) is 19.6. The Morgan fingerprint density at radius 1 is 1.17 bits per heavy atom. The molecule has 1 saturated heterocycles. The van der Waals surface area contributed by atoms with Gasteiger partial charge in [-0.25, -0.2) is 0 Å². The molecule has 0 saturated carbocycles. The Hall–Kier alpha value is -0.723. The fourth-order valence-corrected chi connectivity index (χ4v) is 3.60. The molecule has 5 heteroatoms. The zero-order chi connectivity index (χ0) is 18.2. The molecule has 0 unspecified atom stereocenters. The molecule has 1 aromatic rings. The maximum Gasteiger partial charge on any atom is 0.192 e. The zero-order valence-electron chi connectivity index (χ0n) is 16.0. The van der Waals surface area contributed by atoms with Gasteiger partial charge in [0, 0.05) is 0 Å². The molecule has 1 heterocycles. The number of hydrogen-bond acceptors (Lipinski definition) is 4. The Labute approximate surface area is 147 Å². The molecule has 0 aliphatic carbocycles. The Morgan fingerprint density at radius 2 is 1.75 bits per heavy atom. The van der Waals surface area contributed by atoms with E-state index in [-0.39, 0.29) is 17.7 Å². The fourth-order valence-electron chi connectivity index (χ4n) is 2.58. The van der Waals surface area contributed by atoms with E-state index in [0.29, 0.717) is 0 Å². The van der Waals surface area contributed by atoms with Gasteiger partial charge in [0.2, 0.25) is 0 Å². The fraction of sp³-hybridized carbons (Fsp3) is 0.684. The van der Waals surface area contributed by atoms with Crippen molar-refractivity contribution in [2.24, 2.45) is 0 Å². The number of aliphatic hydroxyl groups excluding tert-OH is 1. The van der Waals surface area contributed by atoms with E-state index < -0.39 is 26.3 Å². The third-order valence-electron chi connectivity index (χ3n) is 5.06. The van der Waals surface area contributed by atoms with Crippen LogP contribution < -0.4 is 0 Å². The van der Waals surface area contributed by atoms with Gasteiger partial charge in [-0.1, -0.05) is 51.1 Å². The normalized spacial score (nSPS) is 25.7. The van der Waals surface area contributed by atoms with E-state index in [9.17, 15) is 5.11 Å². The van der Waals surface area contributed by atoms with E-state index in [0.717, 1.165) is 5.56 Å². The summed E-state index contributed by atoms with van der Waals surface area (Å²) >= 11 is 0. The number of benzene rings is 1. The maximum atomic E-state index is 10.7. The van der Waals surface area contributed by atoms with Crippen LogP contribution in [0.1, 0.15) is 46.3 Å². The smallest absolute Gasteiger partial charge is 0.192 e. The molecule has 0 spiro atoms. The molecule has 4 nitrogen and oxygen atoms in total. The lowest BCUT2D eigenvalue weighted by atomic mass is 10.0. The molecule has 0 aromatic heterocycles. The topological polar surface area (TPSA) is 47.9 Å². The standard InChI is InChI=1S/C19H32O4Si/c1-18(2,3)24(6,7)21-13-15(20)17-16(22-19(4,5)23-17)14-11-9-8-10-12-14/h8-12,15-17,20H,13H2,1-7H3/t15-,16-,17+/m1/s1. The molecule has 3 atom stereocenters. The molecular weight excluding hydrogens is 320 g/mol. The second-order valence-corrected chi connectivity index (χ2v) is 13.4. The number of aliphatic hydroxyl groups is 1. The van der Waals surface area contributed by atoms with Crippen molar-refractivity contribution in [2.45, 2.75) is 76.8 Å². The average Bonchev–Trinajstić information content (AvgIpc) is 2.80. The van der Waals surface area contributed by atoms with Gasteiger partial charge in [0.1, 0.15) is 18.3 Å². The molecule has 1 N–H and O–H groups in total. The lowest BCUT2D eigenvalue weighted by Crippen LogP contribution is -2.45. The van der Waals surface area contributed by atoms with Crippen LogP contribution in [0, 0.1) is 0 Å². The molecule has 1 aromatic carbocycles. The van der Waals surface area contributed by atoms with E-state index >= 15 is 0 Å². The van der Waals surface area contributed by atoms with E-state index in [2.05, 4.69) is 33.9 Å². The summed E-state index contributed by atoms with van der Waals surface area (Å²) in [4.78, 5) is 0. The van der Waals surface area contributed by atoms with Crippen molar-refractivity contribution < 1.29 is 19.0 Å². The van der Waals surface area contributed by atoms with Crippen LogP contribution in [0.25, 0.3) is 0 Å². The Bertz CT molecular complexity index is 536. The Morgan fingerprint density at radius 3 is 2.29 bits per heavy atom. The van der Waals surface area contributed by atoms with Gasteiger partial charge in [-0.15, -0.1) is 0 Å². The SMILES string of the molecule is CC1(C)O[C@@H]([C@H](O)CO[Si](C)(C)C(C)(C)C)[C@@H](c2ccccc2)O1. The average molecular weight is 353 g/mol.